The van der Waals surface area contributed by atoms with Gasteiger partial charge in [-0.15, -0.1) is 0 Å². The third kappa shape index (κ3) is 1.74. The van der Waals surface area contributed by atoms with E-state index < -0.39 is 10.7 Å². The SMILES string of the molecule is COc1cc([N+](=O)[O-])cc(F)c1C. The number of methoxy groups -OCH3 is 1. The molecule has 0 atom stereocenters. The van der Waals surface area contributed by atoms with Crippen molar-refractivity contribution < 1.29 is 14.1 Å². The Morgan fingerprint density at radius 1 is 1.54 bits per heavy atom. The Labute approximate surface area is 74.1 Å². The van der Waals surface area contributed by atoms with E-state index in [0.717, 1.165) is 6.07 Å². The van der Waals surface area contributed by atoms with Gasteiger partial charge in [-0.3, -0.25) is 10.1 Å². The third-order valence-corrected chi connectivity index (χ3v) is 1.71. The van der Waals surface area contributed by atoms with Crippen LogP contribution in [0.25, 0.3) is 0 Å². The molecule has 0 fully saturated rings. The van der Waals surface area contributed by atoms with Crippen molar-refractivity contribution in [2.75, 3.05) is 7.11 Å². The Morgan fingerprint density at radius 2 is 2.15 bits per heavy atom. The van der Waals surface area contributed by atoms with Crippen LogP contribution in [0.1, 0.15) is 5.56 Å². The highest BCUT2D eigenvalue weighted by Gasteiger charge is 2.13. The number of benzene rings is 1. The van der Waals surface area contributed by atoms with Crippen molar-refractivity contribution in [1.29, 1.82) is 0 Å². The van der Waals surface area contributed by atoms with Crippen LogP contribution in [0.15, 0.2) is 12.1 Å². The molecule has 0 spiro atoms. The molecule has 0 amide bonds. The lowest BCUT2D eigenvalue weighted by Crippen LogP contribution is -1.95. The maximum atomic E-state index is 13.0. The summed E-state index contributed by atoms with van der Waals surface area (Å²) < 4.78 is 17.8. The lowest BCUT2D eigenvalue weighted by atomic mass is 10.2. The van der Waals surface area contributed by atoms with Crippen LogP contribution in [-0.2, 0) is 0 Å². The average molecular weight is 185 g/mol. The van der Waals surface area contributed by atoms with Crippen LogP contribution in [0.2, 0.25) is 0 Å². The Hall–Kier alpha value is -1.65. The van der Waals surface area contributed by atoms with Gasteiger partial charge < -0.3 is 4.74 Å². The summed E-state index contributed by atoms with van der Waals surface area (Å²) in [6.45, 7) is 1.50. The number of hydrogen-bond donors (Lipinski definition) is 0. The van der Waals surface area contributed by atoms with Crippen LogP contribution in [0.5, 0.6) is 5.75 Å². The molecule has 0 aliphatic rings. The van der Waals surface area contributed by atoms with Crippen molar-refractivity contribution in [2.45, 2.75) is 6.92 Å². The summed E-state index contributed by atoms with van der Waals surface area (Å²) in [6, 6.07) is 2.07. The fraction of sp³-hybridized carbons (Fsp3) is 0.250. The van der Waals surface area contributed by atoms with Crippen LogP contribution < -0.4 is 4.74 Å². The third-order valence-electron chi connectivity index (χ3n) is 1.71. The lowest BCUT2D eigenvalue weighted by molar-refractivity contribution is -0.385. The van der Waals surface area contributed by atoms with Gasteiger partial charge in [-0.1, -0.05) is 0 Å². The van der Waals surface area contributed by atoms with Crippen molar-refractivity contribution in [2.24, 2.45) is 0 Å². The minimum absolute atomic E-state index is 0.187. The Bertz CT molecular complexity index is 351. The molecule has 0 saturated heterocycles. The van der Waals surface area contributed by atoms with Crippen molar-refractivity contribution >= 4 is 5.69 Å². The van der Waals surface area contributed by atoms with Gasteiger partial charge in [-0.25, -0.2) is 4.39 Å². The lowest BCUT2D eigenvalue weighted by Gasteiger charge is -2.04. The van der Waals surface area contributed by atoms with Crippen molar-refractivity contribution in [3.63, 3.8) is 0 Å². The molecule has 0 aliphatic carbocycles. The standard InChI is InChI=1S/C8H8FNO3/c1-5-7(9)3-6(10(11)12)4-8(5)13-2/h3-4H,1-2H3. The van der Waals surface area contributed by atoms with E-state index >= 15 is 0 Å². The van der Waals surface area contributed by atoms with Gasteiger partial charge >= 0.3 is 0 Å². The second kappa shape index (κ2) is 3.38. The molecule has 0 aliphatic heterocycles. The number of halogens is 1. The predicted molar refractivity (Wildman–Crippen MR) is 44.3 cm³/mol. The fourth-order valence-corrected chi connectivity index (χ4v) is 0.957. The first kappa shape index (κ1) is 9.44. The predicted octanol–water partition coefficient (Wildman–Crippen LogP) is 2.05. The molecular weight excluding hydrogens is 177 g/mol. The summed E-state index contributed by atoms with van der Waals surface area (Å²) >= 11 is 0. The molecular formula is C8H8FNO3. The smallest absolute Gasteiger partial charge is 0.276 e. The molecule has 4 nitrogen and oxygen atoms in total. The molecule has 1 aromatic carbocycles. The minimum atomic E-state index is -0.662. The molecule has 1 aromatic rings. The van der Waals surface area contributed by atoms with E-state index in [0.29, 0.717) is 0 Å². The summed E-state index contributed by atoms with van der Waals surface area (Å²) in [4.78, 5) is 9.65. The molecule has 0 aromatic heterocycles. The second-order valence-electron chi connectivity index (χ2n) is 2.51. The molecule has 13 heavy (non-hydrogen) atoms. The van der Waals surface area contributed by atoms with Gasteiger partial charge in [-0.2, -0.15) is 0 Å². The zero-order valence-corrected chi connectivity index (χ0v) is 7.20. The number of hydrogen-bond acceptors (Lipinski definition) is 3. The van der Waals surface area contributed by atoms with Gasteiger partial charge in [0.25, 0.3) is 5.69 Å². The summed E-state index contributed by atoms with van der Waals surface area (Å²) in [5.41, 5.74) is -0.0342. The normalized spacial score (nSPS) is 9.77. The number of nitro benzene ring substituents is 1. The Morgan fingerprint density at radius 3 is 2.62 bits per heavy atom. The van der Waals surface area contributed by atoms with Gasteiger partial charge in [0.05, 0.1) is 24.2 Å². The maximum Gasteiger partial charge on any atom is 0.276 e. The van der Waals surface area contributed by atoms with Gasteiger partial charge in [-0.05, 0) is 6.92 Å². The van der Waals surface area contributed by atoms with Crippen molar-refractivity contribution in [3.05, 3.63) is 33.6 Å². The summed E-state index contributed by atoms with van der Waals surface area (Å²) in [5.74, 6) is -0.447. The summed E-state index contributed by atoms with van der Waals surface area (Å²) in [7, 11) is 1.34. The molecule has 0 bridgehead atoms. The first-order valence-electron chi connectivity index (χ1n) is 3.54. The molecule has 0 radical (unpaired) electrons. The molecule has 0 saturated carbocycles. The second-order valence-corrected chi connectivity index (χ2v) is 2.51. The van der Waals surface area contributed by atoms with Crippen LogP contribution in [-0.4, -0.2) is 12.0 Å². The highest BCUT2D eigenvalue weighted by molar-refractivity contribution is 5.44. The van der Waals surface area contributed by atoms with Crippen LogP contribution in [0, 0.1) is 22.9 Å². The van der Waals surface area contributed by atoms with E-state index in [1.165, 1.54) is 20.1 Å². The highest BCUT2D eigenvalue weighted by Crippen LogP contribution is 2.26. The van der Waals surface area contributed by atoms with E-state index in [1.807, 2.05) is 0 Å². The van der Waals surface area contributed by atoms with Crippen LogP contribution >= 0.6 is 0 Å². The quantitative estimate of drug-likeness (QED) is 0.523. The topological polar surface area (TPSA) is 52.4 Å². The highest BCUT2D eigenvalue weighted by atomic mass is 19.1. The van der Waals surface area contributed by atoms with Gasteiger partial charge in [0.15, 0.2) is 0 Å². The van der Waals surface area contributed by atoms with Crippen LogP contribution in [0.4, 0.5) is 10.1 Å². The van der Waals surface area contributed by atoms with Gasteiger partial charge in [0, 0.05) is 5.56 Å². The van der Waals surface area contributed by atoms with E-state index in [4.69, 9.17) is 4.74 Å². The zero-order chi connectivity index (χ0) is 10.0. The van der Waals surface area contributed by atoms with E-state index in [2.05, 4.69) is 0 Å². The summed E-state index contributed by atoms with van der Waals surface area (Å²) in [5, 5.41) is 10.3. The number of ether oxygens (including phenoxy) is 1. The number of rotatable bonds is 2. The van der Waals surface area contributed by atoms with E-state index in [-0.39, 0.29) is 17.0 Å². The maximum absolute atomic E-state index is 13.0. The molecule has 1 rings (SSSR count). The monoisotopic (exact) mass is 185 g/mol. The average Bonchev–Trinajstić information content (AvgIpc) is 2.09. The number of nitrogens with zero attached hydrogens (tertiary/aromatic N) is 1. The first-order chi connectivity index (χ1) is 6.06. The van der Waals surface area contributed by atoms with E-state index in [9.17, 15) is 14.5 Å². The van der Waals surface area contributed by atoms with Crippen molar-refractivity contribution in [1.82, 2.24) is 0 Å². The fourth-order valence-electron chi connectivity index (χ4n) is 0.957. The van der Waals surface area contributed by atoms with E-state index in [1.54, 1.807) is 0 Å². The zero-order valence-electron chi connectivity index (χ0n) is 7.20. The van der Waals surface area contributed by atoms with Crippen LogP contribution in [0.3, 0.4) is 0 Å². The van der Waals surface area contributed by atoms with Gasteiger partial charge in [0.1, 0.15) is 11.6 Å². The molecule has 0 unspecified atom stereocenters. The van der Waals surface area contributed by atoms with Gasteiger partial charge in [0.2, 0.25) is 0 Å². The van der Waals surface area contributed by atoms with Crippen molar-refractivity contribution in [3.8, 4) is 5.75 Å². The molecule has 0 heterocycles. The first-order valence-corrected chi connectivity index (χ1v) is 3.54. The molecule has 0 N–H and O–H groups in total. The summed E-state index contributed by atoms with van der Waals surface area (Å²) in [6.07, 6.45) is 0. The number of nitro groups is 1. The largest absolute Gasteiger partial charge is 0.496 e. The molecule has 5 heteroatoms. The Kier molecular flexibility index (Phi) is 2.46. The number of non-ortho nitro benzene ring substituents is 1. The molecule has 70 valence electrons. The minimum Gasteiger partial charge on any atom is -0.496 e. The Balaban J connectivity index is 3.30.